The minimum Gasteiger partial charge on any atom is -0.870 e. The predicted molar refractivity (Wildman–Crippen MR) is 14.8 cm³/mol. The maximum absolute atomic E-state index is 7.04. The molecule has 0 heterocycles. The number of hydrogen-bond acceptors (Lipinski definition) is 4. The van der Waals surface area contributed by atoms with Crippen LogP contribution in [0.2, 0.25) is 0 Å². The van der Waals surface area contributed by atoms with Gasteiger partial charge in [0.2, 0.25) is 0 Å². The standard InChI is InChI=1S/Na.H2O2S.H2O/c;1-3-2;/h;1-2H;1H2/q+1;;/p-1. The molecule has 3 N–H and O–H groups in total. The minimum absolute atomic E-state index is 0. The van der Waals surface area contributed by atoms with Gasteiger partial charge in [0, 0.05) is 0 Å². The average Bonchev–Trinajstić information content (AvgIpc) is 0.918. The van der Waals surface area contributed by atoms with Crippen LogP contribution in [0.15, 0.2) is 0 Å². The Labute approximate surface area is 56.4 Å². The molecule has 0 aromatic carbocycles. The Morgan fingerprint density at radius 1 is 1.20 bits per heavy atom. The van der Waals surface area contributed by atoms with Crippen LogP contribution in [-0.4, -0.2) is 14.6 Å². The molecular formula is H3NaO3S. The summed E-state index contributed by atoms with van der Waals surface area (Å²) in [6.07, 6.45) is 0. The third kappa shape index (κ3) is 36.1. The van der Waals surface area contributed by atoms with E-state index in [-0.39, 0.29) is 47.4 Å². The molecule has 0 amide bonds. The summed E-state index contributed by atoms with van der Waals surface area (Å²) >= 11 is -0.250. The summed E-state index contributed by atoms with van der Waals surface area (Å²) in [6.45, 7) is 0. The molecular weight excluding hydrogens is 103 g/mol. The van der Waals surface area contributed by atoms with E-state index in [2.05, 4.69) is 0 Å². The second kappa shape index (κ2) is 18.8. The van der Waals surface area contributed by atoms with Crippen molar-refractivity contribution in [2.75, 3.05) is 0 Å². The average molecular weight is 106 g/mol. The molecule has 0 rings (SSSR count). The summed E-state index contributed by atoms with van der Waals surface area (Å²) in [7, 11) is 0. The largest absolute Gasteiger partial charge is 1.00 e. The summed E-state index contributed by atoms with van der Waals surface area (Å²) in [5.74, 6) is 0. The molecule has 0 aromatic heterocycles. The summed E-state index contributed by atoms with van der Waals surface area (Å²) in [4.78, 5) is 0. The zero-order chi connectivity index (χ0) is 2.71. The van der Waals surface area contributed by atoms with Crippen molar-refractivity contribution in [3.8, 4) is 0 Å². The quantitative estimate of drug-likeness (QED) is 0.264. The molecule has 0 fully saturated rings. The Kier molecular flexibility index (Phi) is 61.5. The van der Waals surface area contributed by atoms with Crippen molar-refractivity contribution < 1.29 is 44.1 Å². The van der Waals surface area contributed by atoms with Gasteiger partial charge in [0.15, 0.2) is 12.3 Å². The van der Waals surface area contributed by atoms with Gasteiger partial charge in [-0.15, -0.1) is 0 Å². The van der Waals surface area contributed by atoms with Gasteiger partial charge in [0.05, 0.1) is 0 Å². The van der Waals surface area contributed by atoms with Crippen molar-refractivity contribution in [1.82, 2.24) is 0 Å². The van der Waals surface area contributed by atoms with Crippen molar-refractivity contribution in [1.29, 1.82) is 0 Å². The zero-order valence-electron chi connectivity index (χ0n) is 2.75. The minimum atomic E-state index is -0.250. The van der Waals surface area contributed by atoms with Gasteiger partial charge in [-0.1, -0.05) is 0 Å². The van der Waals surface area contributed by atoms with E-state index in [1.165, 1.54) is 0 Å². The van der Waals surface area contributed by atoms with Gasteiger partial charge < -0.3 is 14.6 Å². The molecule has 0 spiro atoms. The third-order valence-corrected chi connectivity index (χ3v) is 0. The van der Waals surface area contributed by atoms with E-state index in [0.717, 1.165) is 0 Å². The van der Waals surface area contributed by atoms with Crippen LogP contribution in [0, 0.1) is 0 Å². The van der Waals surface area contributed by atoms with E-state index in [9.17, 15) is 0 Å². The molecule has 0 bridgehead atoms. The van der Waals surface area contributed by atoms with Gasteiger partial charge in [-0.25, -0.2) is 0 Å². The Morgan fingerprint density at radius 2 is 1.20 bits per heavy atom. The first-order valence-electron chi connectivity index (χ1n) is 0.365. The van der Waals surface area contributed by atoms with Gasteiger partial charge in [0.1, 0.15) is 0 Å². The van der Waals surface area contributed by atoms with E-state index in [0.29, 0.717) is 0 Å². The van der Waals surface area contributed by atoms with Gasteiger partial charge in [-0.2, -0.15) is 0 Å². The van der Waals surface area contributed by atoms with Crippen LogP contribution in [0.4, 0.5) is 0 Å². The summed E-state index contributed by atoms with van der Waals surface area (Å²) in [6, 6.07) is 0. The molecule has 0 saturated carbocycles. The molecule has 0 aliphatic carbocycles. The molecule has 3 nitrogen and oxygen atoms in total. The number of rotatable bonds is 0. The van der Waals surface area contributed by atoms with E-state index in [1.807, 2.05) is 0 Å². The van der Waals surface area contributed by atoms with Crippen LogP contribution < -0.4 is 29.6 Å². The normalized spacial score (nSPS) is 3.60. The predicted octanol–water partition coefficient (Wildman–Crippen LogP) is -2.51. The van der Waals surface area contributed by atoms with E-state index < -0.39 is 0 Å². The van der Waals surface area contributed by atoms with Crippen LogP contribution in [0.1, 0.15) is 0 Å². The number of hydrogen-bond donors (Lipinski definition) is 2. The maximum Gasteiger partial charge on any atom is 1.00 e. The molecule has 0 atom stereocenters. The summed E-state index contributed by atoms with van der Waals surface area (Å²) < 4.78 is 14.1. The zero-order valence-corrected chi connectivity index (χ0v) is 5.57. The van der Waals surface area contributed by atoms with Crippen molar-refractivity contribution in [3.05, 3.63) is 0 Å². The summed E-state index contributed by atoms with van der Waals surface area (Å²) in [5, 5.41) is 0. The topological polar surface area (TPSA) is 70.5 Å². The van der Waals surface area contributed by atoms with Crippen LogP contribution in [0.3, 0.4) is 0 Å². The first-order valence-corrected chi connectivity index (χ1v) is 1.10. The van der Waals surface area contributed by atoms with Gasteiger partial charge in [0.25, 0.3) is 0 Å². The Hall–Kier alpha value is 1.23. The van der Waals surface area contributed by atoms with Crippen LogP contribution >= 0.6 is 12.3 Å². The molecule has 0 unspecified atom stereocenters. The molecule has 0 radical (unpaired) electrons. The maximum atomic E-state index is 7.04. The van der Waals surface area contributed by atoms with Crippen LogP contribution in [0.25, 0.3) is 0 Å². The SMILES string of the molecule is OSO.[Na+].[OH-]. The molecule has 5 heavy (non-hydrogen) atoms. The third-order valence-electron chi connectivity index (χ3n) is 0. The van der Waals surface area contributed by atoms with E-state index in [4.69, 9.17) is 9.11 Å². The molecule has 0 aromatic rings. The molecule has 28 valence electrons. The van der Waals surface area contributed by atoms with E-state index in [1.54, 1.807) is 0 Å². The van der Waals surface area contributed by atoms with Gasteiger partial charge in [-0.3, -0.25) is 0 Å². The van der Waals surface area contributed by atoms with Gasteiger partial charge >= 0.3 is 29.6 Å². The van der Waals surface area contributed by atoms with Crippen molar-refractivity contribution in [2.24, 2.45) is 0 Å². The van der Waals surface area contributed by atoms with Crippen LogP contribution in [-0.2, 0) is 0 Å². The van der Waals surface area contributed by atoms with E-state index >= 15 is 0 Å². The second-order valence-corrected chi connectivity index (χ2v) is 0.245. The smallest absolute Gasteiger partial charge is 0.870 e. The molecule has 0 saturated heterocycles. The monoisotopic (exact) mass is 106 g/mol. The molecule has 5 heteroatoms. The fourth-order valence-electron chi connectivity index (χ4n) is 0. The van der Waals surface area contributed by atoms with Crippen molar-refractivity contribution in [3.63, 3.8) is 0 Å². The molecule has 0 aliphatic rings. The fraction of sp³-hybridized carbons (Fsp3) is 0. The molecule has 0 aliphatic heterocycles. The Bertz CT molecular complexity index is 6.85. The van der Waals surface area contributed by atoms with Gasteiger partial charge in [-0.05, 0) is 0 Å². The second-order valence-electron chi connectivity index (χ2n) is 0.0816. The van der Waals surface area contributed by atoms with Crippen molar-refractivity contribution >= 4 is 12.3 Å². The fourth-order valence-corrected chi connectivity index (χ4v) is 0. The summed E-state index contributed by atoms with van der Waals surface area (Å²) in [5.41, 5.74) is 0. The Morgan fingerprint density at radius 3 is 1.20 bits per heavy atom. The first-order chi connectivity index (χ1) is 1.41. The Balaban J connectivity index is -0.0000000200. The van der Waals surface area contributed by atoms with Crippen molar-refractivity contribution in [2.45, 2.75) is 0 Å². The van der Waals surface area contributed by atoms with Crippen LogP contribution in [0.5, 0.6) is 0 Å². The first kappa shape index (κ1) is 16.3.